The fourth-order valence-corrected chi connectivity index (χ4v) is 3.35. The second-order valence-electron chi connectivity index (χ2n) is 5.93. The van der Waals surface area contributed by atoms with Crippen LogP contribution >= 0.6 is 11.8 Å². The maximum Gasteiger partial charge on any atom is 0.277 e. The smallest absolute Gasteiger partial charge is 0.277 e. The molecule has 2 aromatic heterocycles. The number of benzene rings is 2. The molecule has 7 heteroatoms. The van der Waals surface area contributed by atoms with Gasteiger partial charge < -0.3 is 13.7 Å². The Morgan fingerprint density at radius 3 is 2.69 bits per heavy atom. The number of imidazole rings is 1. The van der Waals surface area contributed by atoms with Crippen molar-refractivity contribution in [3.63, 3.8) is 0 Å². The summed E-state index contributed by atoms with van der Waals surface area (Å²) in [7, 11) is 2.01. The van der Waals surface area contributed by atoms with Crippen LogP contribution in [0.3, 0.4) is 0 Å². The molecule has 26 heavy (non-hydrogen) atoms. The first-order valence-electron chi connectivity index (χ1n) is 8.24. The molecular formula is C19H18N4O2S. The molecule has 0 atom stereocenters. The summed E-state index contributed by atoms with van der Waals surface area (Å²) in [5.41, 5.74) is 3.29. The van der Waals surface area contributed by atoms with Crippen LogP contribution in [0.5, 0.6) is 5.75 Å². The third-order valence-electron chi connectivity index (χ3n) is 4.04. The van der Waals surface area contributed by atoms with E-state index in [1.165, 1.54) is 17.3 Å². The number of rotatable bonds is 6. The van der Waals surface area contributed by atoms with E-state index < -0.39 is 0 Å². The summed E-state index contributed by atoms with van der Waals surface area (Å²) in [5.74, 6) is 2.86. The van der Waals surface area contributed by atoms with E-state index in [-0.39, 0.29) is 6.61 Å². The number of aryl methyl sites for hydroxylation is 2. The summed E-state index contributed by atoms with van der Waals surface area (Å²) in [5, 5.41) is 8.62. The quantitative estimate of drug-likeness (QED) is 0.478. The van der Waals surface area contributed by atoms with Gasteiger partial charge in [-0.25, -0.2) is 4.98 Å². The highest BCUT2D eigenvalue weighted by molar-refractivity contribution is 7.98. The van der Waals surface area contributed by atoms with E-state index >= 15 is 0 Å². The minimum atomic E-state index is 0.253. The van der Waals surface area contributed by atoms with Crippen LogP contribution in [0.1, 0.15) is 17.3 Å². The summed E-state index contributed by atoms with van der Waals surface area (Å²) in [6.45, 7) is 2.29. The summed E-state index contributed by atoms with van der Waals surface area (Å²) in [6.07, 6.45) is 0. The highest BCUT2D eigenvalue weighted by Gasteiger charge is 2.11. The predicted molar refractivity (Wildman–Crippen MR) is 100 cm³/mol. The number of aromatic nitrogens is 4. The maximum atomic E-state index is 5.66. The van der Waals surface area contributed by atoms with Gasteiger partial charge in [0.25, 0.3) is 11.1 Å². The van der Waals surface area contributed by atoms with E-state index in [1.807, 2.05) is 56.4 Å². The molecule has 0 aliphatic heterocycles. The van der Waals surface area contributed by atoms with Gasteiger partial charge in [0.2, 0.25) is 0 Å². The lowest BCUT2D eigenvalue weighted by atomic mass is 10.2. The van der Waals surface area contributed by atoms with Crippen LogP contribution in [-0.2, 0) is 19.4 Å². The summed E-state index contributed by atoms with van der Waals surface area (Å²) < 4.78 is 13.4. The van der Waals surface area contributed by atoms with Gasteiger partial charge in [0.1, 0.15) is 11.6 Å². The van der Waals surface area contributed by atoms with Crippen molar-refractivity contribution in [2.24, 2.45) is 7.05 Å². The van der Waals surface area contributed by atoms with E-state index in [2.05, 4.69) is 25.8 Å². The molecule has 0 N–H and O–H groups in total. The average Bonchev–Trinajstić information content (AvgIpc) is 3.24. The first-order valence-corrected chi connectivity index (χ1v) is 9.22. The third kappa shape index (κ3) is 3.57. The lowest BCUT2D eigenvalue weighted by molar-refractivity contribution is 0.252. The second-order valence-corrected chi connectivity index (χ2v) is 6.85. The molecule has 0 bridgehead atoms. The van der Waals surface area contributed by atoms with Crippen molar-refractivity contribution >= 4 is 22.8 Å². The molecule has 0 amide bonds. The van der Waals surface area contributed by atoms with Crippen molar-refractivity contribution in [1.82, 2.24) is 19.7 Å². The van der Waals surface area contributed by atoms with Crippen LogP contribution in [-0.4, -0.2) is 19.7 Å². The lowest BCUT2D eigenvalue weighted by Crippen LogP contribution is -1.95. The molecule has 2 aromatic carbocycles. The van der Waals surface area contributed by atoms with E-state index in [4.69, 9.17) is 9.15 Å². The minimum absolute atomic E-state index is 0.253. The second kappa shape index (κ2) is 7.21. The largest absolute Gasteiger partial charge is 0.484 e. The fourth-order valence-electron chi connectivity index (χ4n) is 2.59. The van der Waals surface area contributed by atoms with Gasteiger partial charge >= 0.3 is 0 Å². The van der Waals surface area contributed by atoms with E-state index in [0.717, 1.165) is 22.6 Å². The molecule has 0 spiro atoms. The van der Waals surface area contributed by atoms with Crippen molar-refractivity contribution in [3.8, 4) is 5.75 Å². The van der Waals surface area contributed by atoms with Crippen molar-refractivity contribution in [1.29, 1.82) is 0 Å². The number of ether oxygens (including phenoxy) is 1. The van der Waals surface area contributed by atoms with Gasteiger partial charge in [-0.15, -0.1) is 10.2 Å². The van der Waals surface area contributed by atoms with Crippen LogP contribution in [0.25, 0.3) is 11.0 Å². The number of hydrogen-bond acceptors (Lipinski definition) is 6. The molecule has 0 unspecified atom stereocenters. The zero-order valence-electron chi connectivity index (χ0n) is 14.5. The third-order valence-corrected chi connectivity index (χ3v) is 4.85. The van der Waals surface area contributed by atoms with Crippen LogP contribution in [0.4, 0.5) is 0 Å². The summed E-state index contributed by atoms with van der Waals surface area (Å²) in [6, 6.07) is 15.9. The zero-order valence-corrected chi connectivity index (χ0v) is 15.4. The molecular weight excluding hydrogens is 348 g/mol. The maximum absolute atomic E-state index is 5.66. The lowest BCUT2D eigenvalue weighted by Gasteiger charge is -2.03. The van der Waals surface area contributed by atoms with Crippen molar-refractivity contribution in [2.75, 3.05) is 0 Å². The standard InChI is InChI=1S/C19H18N4O2S/c1-13-7-9-14(10-8-13)24-11-18-21-22-19(25-18)26-12-17-20-15-5-3-4-6-16(15)23(17)2/h3-10H,11-12H2,1-2H3. The van der Waals surface area contributed by atoms with Gasteiger partial charge in [-0.05, 0) is 31.2 Å². The molecule has 0 aliphatic carbocycles. The van der Waals surface area contributed by atoms with E-state index in [1.54, 1.807) is 0 Å². The Balaban J connectivity index is 1.37. The van der Waals surface area contributed by atoms with Crippen LogP contribution in [0.2, 0.25) is 0 Å². The highest BCUT2D eigenvalue weighted by Crippen LogP contribution is 2.24. The van der Waals surface area contributed by atoms with Gasteiger partial charge in [0.05, 0.1) is 16.8 Å². The fraction of sp³-hybridized carbons (Fsp3) is 0.211. The number of para-hydroxylation sites is 2. The number of hydrogen-bond donors (Lipinski definition) is 0. The predicted octanol–water partition coefficient (Wildman–Crippen LogP) is 4.14. The molecule has 132 valence electrons. The Kier molecular flexibility index (Phi) is 4.62. The van der Waals surface area contributed by atoms with Crippen molar-refractivity contribution in [3.05, 3.63) is 65.8 Å². The van der Waals surface area contributed by atoms with E-state index in [0.29, 0.717) is 16.9 Å². The monoisotopic (exact) mass is 366 g/mol. The first-order chi connectivity index (χ1) is 12.7. The molecule has 0 saturated carbocycles. The Hall–Kier alpha value is -2.80. The Morgan fingerprint density at radius 2 is 1.88 bits per heavy atom. The molecule has 2 heterocycles. The van der Waals surface area contributed by atoms with Crippen LogP contribution in [0.15, 0.2) is 58.2 Å². The normalized spacial score (nSPS) is 11.2. The topological polar surface area (TPSA) is 66.0 Å². The first kappa shape index (κ1) is 16.7. The average molecular weight is 366 g/mol. The Labute approximate surface area is 155 Å². The number of nitrogens with zero attached hydrogens (tertiary/aromatic N) is 4. The number of fused-ring (bicyclic) bond motifs is 1. The van der Waals surface area contributed by atoms with Crippen LogP contribution in [0, 0.1) is 6.92 Å². The summed E-state index contributed by atoms with van der Waals surface area (Å²) in [4.78, 5) is 4.64. The molecule has 6 nitrogen and oxygen atoms in total. The molecule has 0 aliphatic rings. The van der Waals surface area contributed by atoms with Crippen LogP contribution < -0.4 is 4.74 Å². The van der Waals surface area contributed by atoms with Gasteiger partial charge in [-0.3, -0.25) is 0 Å². The van der Waals surface area contributed by atoms with Gasteiger partial charge in [-0.2, -0.15) is 0 Å². The highest BCUT2D eigenvalue weighted by atomic mass is 32.2. The molecule has 4 aromatic rings. The van der Waals surface area contributed by atoms with Gasteiger partial charge in [0.15, 0.2) is 6.61 Å². The zero-order chi connectivity index (χ0) is 17.9. The van der Waals surface area contributed by atoms with Crippen molar-refractivity contribution < 1.29 is 9.15 Å². The molecule has 4 rings (SSSR count). The Morgan fingerprint density at radius 1 is 1.08 bits per heavy atom. The molecule has 0 radical (unpaired) electrons. The molecule has 0 saturated heterocycles. The van der Waals surface area contributed by atoms with Gasteiger partial charge in [-0.1, -0.05) is 41.6 Å². The summed E-state index contributed by atoms with van der Waals surface area (Å²) >= 11 is 1.47. The van der Waals surface area contributed by atoms with Gasteiger partial charge in [0, 0.05) is 7.05 Å². The Bertz CT molecular complexity index is 1020. The van der Waals surface area contributed by atoms with E-state index in [9.17, 15) is 0 Å². The number of thioether (sulfide) groups is 1. The van der Waals surface area contributed by atoms with Crippen molar-refractivity contribution in [2.45, 2.75) is 24.5 Å². The molecule has 0 fully saturated rings. The SMILES string of the molecule is Cc1ccc(OCc2nnc(SCc3nc4ccccc4n3C)o2)cc1. The minimum Gasteiger partial charge on any atom is -0.484 e.